The first-order valence-electron chi connectivity index (χ1n) is 4.53. The Bertz CT molecular complexity index is 487. The third-order valence-electron chi connectivity index (χ3n) is 1.91. The third-order valence-corrected chi connectivity index (χ3v) is 1.91. The lowest BCUT2D eigenvalue weighted by Gasteiger charge is -2.09. The molecule has 18 heavy (non-hydrogen) atoms. The summed E-state index contributed by atoms with van der Waals surface area (Å²) in [5.74, 6) is -2.21. The van der Waals surface area contributed by atoms with Gasteiger partial charge in [0, 0.05) is 6.07 Å². The maximum absolute atomic E-state index is 11.9. The van der Waals surface area contributed by atoms with Crippen LogP contribution in [0.25, 0.3) is 0 Å². The zero-order valence-corrected chi connectivity index (χ0v) is 8.69. The summed E-state index contributed by atoms with van der Waals surface area (Å²) in [4.78, 5) is 20.8. The van der Waals surface area contributed by atoms with Crippen LogP contribution >= 0.6 is 0 Å². The molecular weight excluding hydrogens is 257 g/mol. The second-order valence-corrected chi connectivity index (χ2v) is 3.23. The second kappa shape index (κ2) is 4.90. The van der Waals surface area contributed by atoms with Gasteiger partial charge in [-0.25, -0.2) is 0 Å². The van der Waals surface area contributed by atoms with Gasteiger partial charge in [-0.3, -0.25) is 14.9 Å². The molecule has 0 aliphatic carbocycles. The molecule has 0 saturated heterocycles. The Morgan fingerprint density at radius 2 is 2.06 bits per heavy atom. The van der Waals surface area contributed by atoms with Gasteiger partial charge in [-0.2, -0.15) is 13.2 Å². The summed E-state index contributed by atoms with van der Waals surface area (Å²) in [6.07, 6.45) is -4.61. The molecule has 0 spiro atoms. The van der Waals surface area contributed by atoms with E-state index in [4.69, 9.17) is 0 Å². The van der Waals surface area contributed by atoms with Crippen LogP contribution in [0, 0.1) is 10.1 Å². The highest BCUT2D eigenvalue weighted by atomic mass is 19.4. The van der Waals surface area contributed by atoms with E-state index < -0.39 is 40.6 Å². The Balaban J connectivity index is 2.93. The van der Waals surface area contributed by atoms with E-state index in [9.17, 15) is 33.2 Å². The van der Waals surface area contributed by atoms with Crippen molar-refractivity contribution in [2.24, 2.45) is 0 Å². The highest BCUT2D eigenvalue weighted by Gasteiger charge is 2.29. The number of nitro benzene ring substituents is 1. The predicted molar refractivity (Wildman–Crippen MR) is 53.1 cm³/mol. The van der Waals surface area contributed by atoms with Crippen LogP contribution < -0.4 is 5.32 Å². The Morgan fingerprint density at radius 3 is 2.56 bits per heavy atom. The van der Waals surface area contributed by atoms with Gasteiger partial charge in [0.25, 0.3) is 5.91 Å². The highest BCUT2D eigenvalue weighted by molar-refractivity contribution is 5.98. The summed E-state index contributed by atoms with van der Waals surface area (Å²) in [5, 5.41) is 21.3. The minimum absolute atomic E-state index is 0.589. The van der Waals surface area contributed by atoms with Crippen LogP contribution in [0.5, 0.6) is 5.75 Å². The van der Waals surface area contributed by atoms with Gasteiger partial charge in [0.05, 0.1) is 10.5 Å². The third kappa shape index (κ3) is 3.34. The van der Waals surface area contributed by atoms with Crippen molar-refractivity contribution in [2.75, 3.05) is 6.54 Å². The van der Waals surface area contributed by atoms with E-state index in [1.165, 1.54) is 5.32 Å². The number of para-hydroxylation sites is 1. The molecule has 6 nitrogen and oxygen atoms in total. The number of nitrogens with one attached hydrogen (secondary N) is 1. The number of rotatable bonds is 3. The lowest BCUT2D eigenvalue weighted by Crippen LogP contribution is -2.33. The minimum Gasteiger partial charge on any atom is -0.502 e. The fourth-order valence-corrected chi connectivity index (χ4v) is 1.14. The largest absolute Gasteiger partial charge is 0.502 e. The number of alkyl halides is 3. The van der Waals surface area contributed by atoms with Crippen molar-refractivity contribution in [3.8, 4) is 5.75 Å². The molecule has 0 radical (unpaired) electrons. The van der Waals surface area contributed by atoms with E-state index in [-0.39, 0.29) is 0 Å². The van der Waals surface area contributed by atoms with E-state index in [0.717, 1.165) is 18.2 Å². The molecule has 0 bridgehead atoms. The monoisotopic (exact) mass is 264 g/mol. The number of hydrogen-bond acceptors (Lipinski definition) is 4. The summed E-state index contributed by atoms with van der Waals surface area (Å²) in [7, 11) is 0. The molecule has 9 heteroatoms. The highest BCUT2D eigenvalue weighted by Crippen LogP contribution is 2.29. The average molecular weight is 264 g/mol. The molecule has 1 rings (SSSR count). The molecule has 0 atom stereocenters. The van der Waals surface area contributed by atoms with Crippen molar-refractivity contribution >= 4 is 11.6 Å². The summed E-state index contributed by atoms with van der Waals surface area (Å²) >= 11 is 0. The number of aromatic hydroxyl groups is 1. The van der Waals surface area contributed by atoms with Gasteiger partial charge in [0.2, 0.25) is 5.75 Å². The number of phenolic OH excluding ortho intramolecular Hbond substituents is 1. The van der Waals surface area contributed by atoms with Crippen LogP contribution in [0.2, 0.25) is 0 Å². The lowest BCUT2D eigenvalue weighted by atomic mass is 10.1. The van der Waals surface area contributed by atoms with Crippen molar-refractivity contribution in [2.45, 2.75) is 6.18 Å². The standard InChI is InChI=1S/C9H7F3N2O4/c10-9(11,12)4-13-8(16)5-2-1-3-6(7(5)15)14(17)18/h1-3,15H,4H2,(H,13,16). The number of carbonyl (C=O) groups excluding carboxylic acids is 1. The second-order valence-electron chi connectivity index (χ2n) is 3.23. The van der Waals surface area contributed by atoms with Gasteiger partial charge in [-0.15, -0.1) is 0 Å². The van der Waals surface area contributed by atoms with Gasteiger partial charge < -0.3 is 10.4 Å². The lowest BCUT2D eigenvalue weighted by molar-refractivity contribution is -0.385. The molecule has 0 aromatic heterocycles. The van der Waals surface area contributed by atoms with Crippen molar-refractivity contribution in [1.82, 2.24) is 5.32 Å². The molecule has 0 aliphatic rings. The van der Waals surface area contributed by atoms with E-state index in [0.29, 0.717) is 0 Å². The number of amides is 1. The zero-order chi connectivity index (χ0) is 13.9. The Morgan fingerprint density at radius 1 is 1.44 bits per heavy atom. The van der Waals surface area contributed by atoms with E-state index in [1.807, 2.05) is 0 Å². The fraction of sp³-hybridized carbons (Fsp3) is 0.222. The maximum atomic E-state index is 11.9. The van der Waals surface area contributed by atoms with Gasteiger partial charge in [0.1, 0.15) is 6.54 Å². The molecular formula is C9H7F3N2O4. The quantitative estimate of drug-likeness (QED) is 0.640. The zero-order valence-electron chi connectivity index (χ0n) is 8.69. The molecule has 1 amide bonds. The molecule has 0 heterocycles. The number of phenols is 1. The van der Waals surface area contributed by atoms with Crippen LogP contribution in [0.1, 0.15) is 10.4 Å². The predicted octanol–water partition coefficient (Wildman–Crippen LogP) is 1.59. The summed E-state index contributed by atoms with van der Waals surface area (Å²) in [5.41, 5.74) is -1.34. The molecule has 1 aromatic carbocycles. The SMILES string of the molecule is O=C(NCC(F)(F)F)c1cccc([N+](=O)[O-])c1O. The number of benzene rings is 1. The van der Waals surface area contributed by atoms with E-state index in [1.54, 1.807) is 0 Å². The van der Waals surface area contributed by atoms with Crippen LogP contribution in [-0.4, -0.2) is 28.7 Å². The Kier molecular flexibility index (Phi) is 3.74. The van der Waals surface area contributed by atoms with Crippen molar-refractivity contribution in [3.05, 3.63) is 33.9 Å². The van der Waals surface area contributed by atoms with Crippen LogP contribution in [-0.2, 0) is 0 Å². The minimum atomic E-state index is -4.61. The number of nitrogens with zero attached hydrogens (tertiary/aromatic N) is 1. The van der Waals surface area contributed by atoms with Crippen LogP contribution in [0.3, 0.4) is 0 Å². The van der Waals surface area contributed by atoms with Gasteiger partial charge >= 0.3 is 11.9 Å². The molecule has 0 fully saturated rings. The van der Waals surface area contributed by atoms with Crippen LogP contribution in [0.4, 0.5) is 18.9 Å². The number of hydrogen-bond donors (Lipinski definition) is 2. The molecule has 0 saturated carbocycles. The summed E-state index contributed by atoms with van der Waals surface area (Å²) in [6, 6.07) is 2.99. The number of halogens is 3. The summed E-state index contributed by atoms with van der Waals surface area (Å²) in [6.45, 7) is -1.59. The van der Waals surface area contributed by atoms with Crippen molar-refractivity contribution in [3.63, 3.8) is 0 Å². The van der Waals surface area contributed by atoms with Gasteiger partial charge in [-0.05, 0) is 6.07 Å². The average Bonchev–Trinajstić information content (AvgIpc) is 2.24. The Hall–Kier alpha value is -2.32. The number of nitro groups is 1. The molecule has 2 N–H and O–H groups in total. The Labute approximate surface area is 98.2 Å². The van der Waals surface area contributed by atoms with Gasteiger partial charge in [-0.1, -0.05) is 6.07 Å². The van der Waals surface area contributed by atoms with Crippen LogP contribution in [0.15, 0.2) is 18.2 Å². The van der Waals surface area contributed by atoms with E-state index >= 15 is 0 Å². The van der Waals surface area contributed by atoms with Crippen molar-refractivity contribution in [1.29, 1.82) is 0 Å². The summed E-state index contributed by atoms with van der Waals surface area (Å²) < 4.78 is 35.6. The van der Waals surface area contributed by atoms with Gasteiger partial charge in [0.15, 0.2) is 0 Å². The molecule has 0 aliphatic heterocycles. The maximum Gasteiger partial charge on any atom is 0.405 e. The molecule has 98 valence electrons. The first-order valence-corrected chi connectivity index (χ1v) is 4.53. The molecule has 0 unspecified atom stereocenters. The van der Waals surface area contributed by atoms with E-state index in [2.05, 4.69) is 0 Å². The first kappa shape index (κ1) is 13.7. The number of carbonyl (C=O) groups is 1. The topological polar surface area (TPSA) is 92.5 Å². The fourth-order valence-electron chi connectivity index (χ4n) is 1.14. The first-order chi connectivity index (χ1) is 8.22. The molecule has 1 aromatic rings. The normalized spacial score (nSPS) is 11.1. The smallest absolute Gasteiger partial charge is 0.405 e. The van der Waals surface area contributed by atoms with Crippen molar-refractivity contribution < 1.29 is 28.0 Å².